The molecule has 2 N–H and O–H groups in total. The Morgan fingerprint density at radius 3 is 2.80 bits per heavy atom. The molecule has 0 aliphatic rings. The number of rotatable bonds is 8. The van der Waals surface area contributed by atoms with Gasteiger partial charge < -0.3 is 20.0 Å². The van der Waals surface area contributed by atoms with Gasteiger partial charge in [0, 0.05) is 33.6 Å². The van der Waals surface area contributed by atoms with E-state index in [9.17, 15) is 0 Å². The second kappa shape index (κ2) is 11.5. The van der Waals surface area contributed by atoms with Gasteiger partial charge in [0.1, 0.15) is 11.6 Å². The highest BCUT2D eigenvalue weighted by Gasteiger charge is 2.02. The summed E-state index contributed by atoms with van der Waals surface area (Å²) >= 11 is 0. The predicted molar refractivity (Wildman–Crippen MR) is 114 cm³/mol. The monoisotopic (exact) mass is 455 g/mol. The molecule has 2 aromatic rings. The van der Waals surface area contributed by atoms with E-state index < -0.39 is 0 Å². The highest BCUT2D eigenvalue weighted by atomic mass is 127. The standard InChI is InChI=1S/C18H25N5O.HI/c1-4-11-19-18(20-12-10-16-8-6-13-24-16)21-14-15-7-5-9-17(22-15)23(2)3;/h4-9,13H,1,10-12,14H2,2-3H3,(H2,19,20,21);1H. The van der Waals surface area contributed by atoms with Crippen LogP contribution < -0.4 is 15.5 Å². The van der Waals surface area contributed by atoms with Crippen molar-refractivity contribution in [3.8, 4) is 0 Å². The van der Waals surface area contributed by atoms with E-state index in [1.54, 1.807) is 12.3 Å². The first-order valence-corrected chi connectivity index (χ1v) is 7.97. The lowest BCUT2D eigenvalue weighted by Crippen LogP contribution is -2.38. The van der Waals surface area contributed by atoms with Crippen molar-refractivity contribution in [2.45, 2.75) is 13.0 Å². The van der Waals surface area contributed by atoms with Gasteiger partial charge in [-0.3, -0.25) is 0 Å². The van der Waals surface area contributed by atoms with Crippen molar-refractivity contribution < 1.29 is 4.42 Å². The molecule has 2 heterocycles. The molecule has 0 saturated carbocycles. The first-order chi connectivity index (χ1) is 11.7. The molecule has 136 valence electrons. The number of anilines is 1. The minimum Gasteiger partial charge on any atom is -0.469 e. The summed E-state index contributed by atoms with van der Waals surface area (Å²) in [6.07, 6.45) is 4.29. The first kappa shape index (κ1) is 21.0. The lowest BCUT2D eigenvalue weighted by atomic mass is 10.3. The predicted octanol–water partition coefficient (Wildman–Crippen LogP) is 2.82. The molecule has 0 radical (unpaired) electrons. The van der Waals surface area contributed by atoms with Crippen molar-refractivity contribution in [2.24, 2.45) is 4.99 Å². The van der Waals surface area contributed by atoms with E-state index >= 15 is 0 Å². The molecule has 0 bridgehead atoms. The van der Waals surface area contributed by atoms with Crippen molar-refractivity contribution >= 4 is 35.8 Å². The van der Waals surface area contributed by atoms with E-state index in [2.05, 4.69) is 27.2 Å². The molecule has 0 aliphatic carbocycles. The lowest BCUT2D eigenvalue weighted by molar-refractivity contribution is 0.507. The molecule has 6 nitrogen and oxygen atoms in total. The van der Waals surface area contributed by atoms with Gasteiger partial charge in [0.15, 0.2) is 5.96 Å². The van der Waals surface area contributed by atoms with Gasteiger partial charge in [-0.15, -0.1) is 30.6 Å². The van der Waals surface area contributed by atoms with Crippen LogP contribution in [-0.2, 0) is 13.0 Å². The normalized spacial score (nSPS) is 10.7. The molecule has 0 spiro atoms. The molecule has 25 heavy (non-hydrogen) atoms. The van der Waals surface area contributed by atoms with Gasteiger partial charge in [-0.2, -0.15) is 0 Å². The smallest absolute Gasteiger partial charge is 0.191 e. The highest BCUT2D eigenvalue weighted by molar-refractivity contribution is 14.0. The van der Waals surface area contributed by atoms with Crippen LogP contribution >= 0.6 is 24.0 Å². The van der Waals surface area contributed by atoms with Gasteiger partial charge in [0.2, 0.25) is 0 Å². The molecule has 0 fully saturated rings. The Hall–Kier alpha value is -2.03. The van der Waals surface area contributed by atoms with Crippen LogP contribution in [0.15, 0.2) is 58.7 Å². The average molecular weight is 455 g/mol. The second-order valence-electron chi connectivity index (χ2n) is 5.47. The number of hydrogen-bond donors (Lipinski definition) is 2. The zero-order chi connectivity index (χ0) is 17.2. The summed E-state index contributed by atoms with van der Waals surface area (Å²) in [6, 6.07) is 9.81. The van der Waals surface area contributed by atoms with Crippen LogP contribution in [0.2, 0.25) is 0 Å². The number of nitrogens with zero attached hydrogens (tertiary/aromatic N) is 3. The maximum atomic E-state index is 5.33. The number of furan rings is 1. The molecular formula is C18H26IN5O. The summed E-state index contributed by atoms with van der Waals surface area (Å²) in [6.45, 7) is 5.62. The van der Waals surface area contributed by atoms with Crippen molar-refractivity contribution in [2.75, 3.05) is 32.1 Å². The van der Waals surface area contributed by atoms with Crippen LogP contribution in [-0.4, -0.2) is 38.1 Å². The Balaban J connectivity index is 0.00000312. The summed E-state index contributed by atoms with van der Waals surface area (Å²) in [7, 11) is 3.95. The third-order valence-electron chi connectivity index (χ3n) is 3.31. The molecule has 2 rings (SSSR count). The average Bonchev–Trinajstić information content (AvgIpc) is 3.10. The Morgan fingerprint density at radius 1 is 1.28 bits per heavy atom. The first-order valence-electron chi connectivity index (χ1n) is 7.97. The molecule has 0 aromatic carbocycles. The largest absolute Gasteiger partial charge is 0.469 e. The molecule has 0 saturated heterocycles. The molecule has 2 aromatic heterocycles. The Kier molecular flexibility index (Phi) is 9.68. The number of aliphatic imine (C=N–C) groups is 1. The SMILES string of the molecule is C=CCNC(=NCc1cccc(N(C)C)n1)NCCc1ccco1.I. The zero-order valence-electron chi connectivity index (χ0n) is 14.7. The summed E-state index contributed by atoms with van der Waals surface area (Å²) in [5.41, 5.74) is 0.923. The van der Waals surface area contributed by atoms with Crippen LogP contribution in [0.4, 0.5) is 5.82 Å². The van der Waals surface area contributed by atoms with Crippen molar-refractivity contribution in [1.82, 2.24) is 15.6 Å². The maximum absolute atomic E-state index is 5.33. The van der Waals surface area contributed by atoms with E-state index in [-0.39, 0.29) is 24.0 Å². The molecular weight excluding hydrogens is 429 g/mol. The van der Waals surface area contributed by atoms with Gasteiger partial charge in [0.05, 0.1) is 18.5 Å². The fourth-order valence-electron chi connectivity index (χ4n) is 2.07. The van der Waals surface area contributed by atoms with Gasteiger partial charge in [-0.1, -0.05) is 12.1 Å². The third kappa shape index (κ3) is 7.59. The fraction of sp³-hybridized carbons (Fsp3) is 0.333. The molecule has 0 aliphatic heterocycles. The number of halogens is 1. The molecule has 0 amide bonds. The Morgan fingerprint density at radius 2 is 2.12 bits per heavy atom. The minimum atomic E-state index is 0. The summed E-state index contributed by atoms with van der Waals surface area (Å²) in [5, 5.41) is 6.50. The van der Waals surface area contributed by atoms with Gasteiger partial charge >= 0.3 is 0 Å². The van der Waals surface area contributed by atoms with Crippen LogP contribution in [0.3, 0.4) is 0 Å². The van der Waals surface area contributed by atoms with Crippen LogP contribution in [0.5, 0.6) is 0 Å². The van der Waals surface area contributed by atoms with Crippen molar-refractivity contribution in [3.63, 3.8) is 0 Å². The number of hydrogen-bond acceptors (Lipinski definition) is 4. The quantitative estimate of drug-likeness (QED) is 0.278. The third-order valence-corrected chi connectivity index (χ3v) is 3.31. The van der Waals surface area contributed by atoms with Crippen LogP contribution in [0.1, 0.15) is 11.5 Å². The van der Waals surface area contributed by atoms with E-state index in [1.165, 1.54) is 0 Å². The molecule has 0 atom stereocenters. The van der Waals surface area contributed by atoms with Crippen LogP contribution in [0, 0.1) is 0 Å². The van der Waals surface area contributed by atoms with E-state index in [0.717, 1.165) is 36.2 Å². The van der Waals surface area contributed by atoms with Gasteiger partial charge in [-0.25, -0.2) is 9.98 Å². The number of pyridine rings is 1. The maximum Gasteiger partial charge on any atom is 0.191 e. The van der Waals surface area contributed by atoms with Gasteiger partial charge in [-0.05, 0) is 24.3 Å². The zero-order valence-corrected chi connectivity index (χ0v) is 17.1. The van der Waals surface area contributed by atoms with Crippen molar-refractivity contribution in [1.29, 1.82) is 0 Å². The number of aromatic nitrogens is 1. The minimum absolute atomic E-state index is 0. The Labute approximate surface area is 166 Å². The van der Waals surface area contributed by atoms with Crippen molar-refractivity contribution in [3.05, 3.63) is 60.7 Å². The number of nitrogens with one attached hydrogen (secondary N) is 2. The van der Waals surface area contributed by atoms with Gasteiger partial charge in [0.25, 0.3) is 0 Å². The number of guanidine groups is 1. The second-order valence-corrected chi connectivity index (χ2v) is 5.47. The van der Waals surface area contributed by atoms with E-state index in [4.69, 9.17) is 4.42 Å². The topological polar surface area (TPSA) is 65.7 Å². The lowest BCUT2D eigenvalue weighted by Gasteiger charge is -2.13. The molecule has 0 unspecified atom stereocenters. The Bertz CT molecular complexity index is 655. The van der Waals surface area contributed by atoms with E-state index in [0.29, 0.717) is 13.1 Å². The van der Waals surface area contributed by atoms with Crippen LogP contribution in [0.25, 0.3) is 0 Å². The summed E-state index contributed by atoms with van der Waals surface area (Å²) < 4.78 is 5.33. The summed E-state index contributed by atoms with van der Waals surface area (Å²) in [5.74, 6) is 2.61. The summed E-state index contributed by atoms with van der Waals surface area (Å²) in [4.78, 5) is 11.1. The molecule has 7 heteroatoms. The fourth-order valence-corrected chi connectivity index (χ4v) is 2.07. The highest BCUT2D eigenvalue weighted by Crippen LogP contribution is 2.08. The van der Waals surface area contributed by atoms with E-state index in [1.807, 2.05) is 49.3 Å².